The van der Waals surface area contributed by atoms with Gasteiger partial charge in [0, 0.05) is 17.7 Å². The van der Waals surface area contributed by atoms with Crippen molar-refractivity contribution in [3.63, 3.8) is 0 Å². The number of nitrogens with zero attached hydrogens (tertiary/aromatic N) is 3. The molecular weight excluding hydrogens is 320 g/mol. The van der Waals surface area contributed by atoms with E-state index >= 15 is 0 Å². The Bertz CT molecular complexity index is 710. The normalized spacial score (nSPS) is 10.6. The summed E-state index contributed by atoms with van der Waals surface area (Å²) in [6.07, 6.45) is 1.67. The minimum absolute atomic E-state index is 0.387. The van der Waals surface area contributed by atoms with Crippen LogP contribution in [0.15, 0.2) is 36.5 Å². The molecule has 0 aliphatic carbocycles. The second kappa shape index (κ2) is 5.07. The van der Waals surface area contributed by atoms with Crippen molar-refractivity contribution in [1.82, 2.24) is 19.7 Å². The van der Waals surface area contributed by atoms with Crippen molar-refractivity contribution in [2.75, 3.05) is 0 Å². The molecule has 0 aliphatic heterocycles. The Morgan fingerprint density at radius 3 is 2.83 bits per heavy atom. The highest BCUT2D eigenvalue weighted by Gasteiger charge is 2.09. The average Bonchev–Trinajstić information content (AvgIpc) is 2.29. The van der Waals surface area contributed by atoms with Gasteiger partial charge < -0.3 is 0 Å². The topological polar surface area (TPSA) is 80.6 Å². The first-order valence-corrected chi connectivity index (χ1v) is 6.55. The van der Waals surface area contributed by atoms with Crippen LogP contribution in [0, 0.1) is 6.92 Å². The van der Waals surface area contributed by atoms with Gasteiger partial charge >= 0.3 is 11.1 Å². The van der Waals surface area contributed by atoms with E-state index in [2.05, 4.69) is 31.0 Å². The summed E-state index contributed by atoms with van der Waals surface area (Å²) in [4.78, 5) is 30.2. The summed E-state index contributed by atoms with van der Waals surface area (Å²) in [5.41, 5.74) is -0.581. The maximum absolute atomic E-state index is 11.2. The number of halogens is 1. The predicted octanol–water partition coefficient (Wildman–Crippen LogP) is 1.09. The van der Waals surface area contributed by atoms with Crippen LogP contribution in [0.3, 0.4) is 0 Å². The molecule has 0 fully saturated rings. The largest absolute Gasteiger partial charge is 0.339 e. The molecule has 0 amide bonds. The van der Waals surface area contributed by atoms with E-state index in [-0.39, 0.29) is 0 Å². The van der Waals surface area contributed by atoms with Crippen LogP contribution in [0.2, 0.25) is 0 Å². The number of rotatable bonds is 2. The molecule has 0 spiro atoms. The number of aromatic amines is 1. The van der Waals surface area contributed by atoms with E-state index in [1.807, 2.05) is 13.0 Å². The molecule has 2 aromatic rings. The molecule has 8 heteroatoms. The number of aromatic nitrogens is 4. The van der Waals surface area contributed by atoms with Crippen LogP contribution in [0.5, 0.6) is 0 Å². The number of aryl methyl sites for hydroxylation is 2. The van der Waals surface area contributed by atoms with Gasteiger partial charge in [-0.15, -0.1) is 0 Å². The molecule has 0 atom stereocenters. The van der Waals surface area contributed by atoms with E-state index in [1.165, 1.54) is 16.4 Å². The third-order valence-electron chi connectivity index (χ3n) is 2.13. The maximum Gasteiger partial charge on any atom is 0.339 e. The number of pyridine rings is 1. The molecule has 2 heterocycles. The fourth-order valence-corrected chi connectivity index (χ4v) is 2.53. The van der Waals surface area contributed by atoms with Crippen LogP contribution in [0.25, 0.3) is 0 Å². The lowest BCUT2D eigenvalue weighted by atomic mass is 10.3. The van der Waals surface area contributed by atoms with Gasteiger partial charge in [0.15, 0.2) is 5.16 Å². The van der Waals surface area contributed by atoms with Crippen LogP contribution >= 0.6 is 27.7 Å². The first kappa shape index (κ1) is 13.0. The lowest BCUT2D eigenvalue weighted by Crippen LogP contribution is -2.33. The van der Waals surface area contributed by atoms with Crippen LogP contribution in [-0.4, -0.2) is 19.7 Å². The summed E-state index contributed by atoms with van der Waals surface area (Å²) in [6, 6.07) is 1.92. The van der Waals surface area contributed by atoms with Gasteiger partial charge in [0.2, 0.25) is 0 Å². The third kappa shape index (κ3) is 2.70. The number of H-pyrrole nitrogens is 1. The fraction of sp³-hybridized carbons (Fsp3) is 0.200. The SMILES string of the molecule is Cc1cc(Br)cnc1Sc1nc(=O)c(=O)[nH]n1C. The van der Waals surface area contributed by atoms with Crippen molar-refractivity contribution in [2.24, 2.45) is 7.05 Å². The molecule has 0 unspecified atom stereocenters. The summed E-state index contributed by atoms with van der Waals surface area (Å²) in [5, 5.41) is 3.50. The minimum Gasteiger partial charge on any atom is -0.265 e. The quantitative estimate of drug-likeness (QED) is 0.834. The Morgan fingerprint density at radius 1 is 1.44 bits per heavy atom. The zero-order valence-electron chi connectivity index (χ0n) is 9.60. The van der Waals surface area contributed by atoms with E-state index in [0.717, 1.165) is 15.1 Å². The molecular formula is C10H9BrN4O2S. The second-order valence-corrected chi connectivity index (χ2v) is 5.45. The molecule has 1 N–H and O–H groups in total. The van der Waals surface area contributed by atoms with Crippen molar-refractivity contribution in [3.05, 3.63) is 43.0 Å². The van der Waals surface area contributed by atoms with E-state index in [1.54, 1.807) is 13.2 Å². The van der Waals surface area contributed by atoms with Crippen molar-refractivity contribution in [1.29, 1.82) is 0 Å². The lowest BCUT2D eigenvalue weighted by Gasteiger charge is -2.07. The number of hydrogen-bond acceptors (Lipinski definition) is 5. The van der Waals surface area contributed by atoms with Gasteiger partial charge in [-0.2, -0.15) is 4.98 Å². The Labute approximate surface area is 115 Å². The van der Waals surface area contributed by atoms with Gasteiger partial charge in [0.1, 0.15) is 5.03 Å². The summed E-state index contributed by atoms with van der Waals surface area (Å²) < 4.78 is 2.28. The Morgan fingerprint density at radius 2 is 2.17 bits per heavy atom. The van der Waals surface area contributed by atoms with Gasteiger partial charge in [-0.25, -0.2) is 4.98 Å². The Kier molecular flexibility index (Phi) is 3.67. The first-order chi connectivity index (χ1) is 8.47. The first-order valence-electron chi connectivity index (χ1n) is 4.94. The second-order valence-electron chi connectivity index (χ2n) is 3.58. The van der Waals surface area contributed by atoms with Crippen LogP contribution < -0.4 is 11.1 Å². The van der Waals surface area contributed by atoms with Crippen LogP contribution in [0.1, 0.15) is 5.56 Å². The molecule has 94 valence electrons. The Hall–Kier alpha value is -1.41. The maximum atomic E-state index is 11.2. The highest BCUT2D eigenvalue weighted by atomic mass is 79.9. The summed E-state index contributed by atoms with van der Waals surface area (Å²) in [5.74, 6) is 0. The summed E-state index contributed by atoms with van der Waals surface area (Å²) >= 11 is 4.55. The van der Waals surface area contributed by atoms with Gasteiger partial charge in [0.05, 0.1) is 0 Å². The van der Waals surface area contributed by atoms with E-state index < -0.39 is 11.1 Å². The zero-order chi connectivity index (χ0) is 13.3. The molecule has 0 radical (unpaired) electrons. The molecule has 6 nitrogen and oxygen atoms in total. The fourth-order valence-electron chi connectivity index (χ4n) is 1.27. The highest BCUT2D eigenvalue weighted by molar-refractivity contribution is 9.10. The standard InChI is InChI=1S/C10H9BrN4O2S/c1-5-3-6(11)4-12-9(5)18-10-13-7(16)8(17)14-15(10)2/h3-4H,1-2H3,(H,14,17). The van der Waals surface area contributed by atoms with Crippen molar-refractivity contribution < 1.29 is 0 Å². The van der Waals surface area contributed by atoms with E-state index in [9.17, 15) is 9.59 Å². The molecule has 0 aromatic carbocycles. The van der Waals surface area contributed by atoms with E-state index in [4.69, 9.17) is 0 Å². The molecule has 2 rings (SSSR count). The monoisotopic (exact) mass is 328 g/mol. The summed E-state index contributed by atoms with van der Waals surface area (Å²) in [6.45, 7) is 1.91. The zero-order valence-corrected chi connectivity index (χ0v) is 12.0. The van der Waals surface area contributed by atoms with Crippen LogP contribution in [0.4, 0.5) is 0 Å². The molecule has 2 aromatic heterocycles. The number of hydrogen-bond donors (Lipinski definition) is 1. The third-order valence-corrected chi connectivity index (χ3v) is 3.73. The highest BCUT2D eigenvalue weighted by Crippen LogP contribution is 2.26. The molecule has 18 heavy (non-hydrogen) atoms. The van der Waals surface area contributed by atoms with Crippen molar-refractivity contribution in [3.8, 4) is 0 Å². The molecule has 0 bridgehead atoms. The average molecular weight is 329 g/mol. The van der Waals surface area contributed by atoms with Crippen LogP contribution in [-0.2, 0) is 7.05 Å². The summed E-state index contributed by atoms with van der Waals surface area (Å²) in [7, 11) is 1.62. The lowest BCUT2D eigenvalue weighted by molar-refractivity contribution is 0.596. The molecule has 0 aliphatic rings. The number of nitrogens with one attached hydrogen (secondary N) is 1. The smallest absolute Gasteiger partial charge is 0.265 e. The van der Waals surface area contributed by atoms with Gasteiger partial charge in [-0.05, 0) is 46.2 Å². The molecule has 0 saturated carbocycles. The molecule has 0 saturated heterocycles. The van der Waals surface area contributed by atoms with Gasteiger partial charge in [-0.3, -0.25) is 19.4 Å². The Balaban J connectivity index is 2.43. The van der Waals surface area contributed by atoms with Gasteiger partial charge in [0.25, 0.3) is 0 Å². The van der Waals surface area contributed by atoms with Crippen molar-refractivity contribution >= 4 is 27.7 Å². The minimum atomic E-state index is -0.801. The van der Waals surface area contributed by atoms with E-state index in [0.29, 0.717) is 5.16 Å². The predicted molar refractivity (Wildman–Crippen MR) is 70.9 cm³/mol. The van der Waals surface area contributed by atoms with Gasteiger partial charge in [-0.1, -0.05) is 0 Å². The van der Waals surface area contributed by atoms with Crippen molar-refractivity contribution in [2.45, 2.75) is 17.1 Å².